The van der Waals surface area contributed by atoms with E-state index in [2.05, 4.69) is 0 Å². The summed E-state index contributed by atoms with van der Waals surface area (Å²) in [5.41, 5.74) is 2.25. The van der Waals surface area contributed by atoms with Gasteiger partial charge in [0.1, 0.15) is 11.4 Å². The van der Waals surface area contributed by atoms with Crippen LogP contribution in [-0.2, 0) is 0 Å². The molecule has 3 heterocycles. The topological polar surface area (TPSA) is 99.0 Å². The molecular formula is C33H28FN5O4S. The van der Waals surface area contributed by atoms with Crippen LogP contribution in [0.1, 0.15) is 29.2 Å². The molecule has 222 valence electrons. The van der Waals surface area contributed by atoms with Gasteiger partial charge in [-0.2, -0.15) is 0 Å². The van der Waals surface area contributed by atoms with Gasteiger partial charge in [-0.3, -0.25) is 4.79 Å². The zero-order valence-corrected chi connectivity index (χ0v) is 24.4. The van der Waals surface area contributed by atoms with Gasteiger partial charge in [-0.05, 0) is 37.1 Å². The molecule has 0 unspecified atom stereocenters. The van der Waals surface area contributed by atoms with Crippen LogP contribution in [0.4, 0.5) is 25.7 Å². The molecule has 9 nitrogen and oxygen atoms in total. The summed E-state index contributed by atoms with van der Waals surface area (Å²) < 4.78 is 17.3. The third kappa shape index (κ3) is 5.09. The van der Waals surface area contributed by atoms with Crippen LogP contribution in [0.2, 0.25) is 0 Å². The van der Waals surface area contributed by atoms with Gasteiger partial charge in [-0.1, -0.05) is 48.5 Å². The second-order valence-corrected chi connectivity index (χ2v) is 11.8. The van der Waals surface area contributed by atoms with Crippen LogP contribution < -0.4 is 15.2 Å². The molecule has 3 aromatic carbocycles. The molecule has 2 aliphatic rings. The van der Waals surface area contributed by atoms with Crippen LogP contribution in [0, 0.1) is 5.82 Å². The van der Waals surface area contributed by atoms with Crippen LogP contribution in [0.3, 0.4) is 0 Å². The summed E-state index contributed by atoms with van der Waals surface area (Å²) >= 11 is 1.40. The number of piperazine rings is 1. The largest absolute Gasteiger partial charge is 0.477 e. The maximum Gasteiger partial charge on any atom is 0.341 e. The average Bonchev–Trinajstić information content (AvgIpc) is 3.78. The smallest absolute Gasteiger partial charge is 0.341 e. The van der Waals surface area contributed by atoms with Gasteiger partial charge in [0, 0.05) is 54.7 Å². The number of carboxylic acid groups (broad SMARTS) is 1. The van der Waals surface area contributed by atoms with Gasteiger partial charge in [0.2, 0.25) is 5.43 Å². The fourth-order valence-electron chi connectivity index (χ4n) is 5.68. The number of para-hydroxylation sites is 1. The number of thiazole rings is 1. The maximum absolute atomic E-state index is 15.5. The molecule has 0 spiro atoms. The van der Waals surface area contributed by atoms with E-state index in [0.29, 0.717) is 48.2 Å². The van der Waals surface area contributed by atoms with Gasteiger partial charge in [-0.25, -0.2) is 23.9 Å². The number of benzene rings is 3. The van der Waals surface area contributed by atoms with Crippen molar-refractivity contribution in [1.82, 2.24) is 14.5 Å². The number of pyridine rings is 1. The van der Waals surface area contributed by atoms with E-state index in [-0.39, 0.29) is 23.0 Å². The Bertz CT molecular complexity index is 1930. The minimum absolute atomic E-state index is 0.0590. The minimum Gasteiger partial charge on any atom is -0.477 e. The number of fused-ring (bicyclic) bond motifs is 1. The zero-order chi connectivity index (χ0) is 30.4. The molecule has 0 bridgehead atoms. The number of nitrogens with zero attached hydrogens (tertiary/aromatic N) is 5. The van der Waals surface area contributed by atoms with E-state index in [9.17, 15) is 19.5 Å². The highest BCUT2D eigenvalue weighted by Gasteiger charge is 2.31. The number of halogens is 1. The lowest BCUT2D eigenvalue weighted by Crippen LogP contribution is -2.52. The molecule has 2 fully saturated rings. The number of carbonyl (C=O) groups is 2. The summed E-state index contributed by atoms with van der Waals surface area (Å²) in [4.78, 5) is 48.6. The summed E-state index contributed by atoms with van der Waals surface area (Å²) in [5, 5.41) is 12.1. The van der Waals surface area contributed by atoms with E-state index < -0.39 is 17.2 Å². The highest BCUT2D eigenvalue weighted by Crippen LogP contribution is 2.38. The summed E-state index contributed by atoms with van der Waals surface area (Å²) in [6, 6.07) is 21.9. The predicted molar refractivity (Wildman–Crippen MR) is 169 cm³/mol. The third-order valence-electron chi connectivity index (χ3n) is 8.12. The van der Waals surface area contributed by atoms with E-state index >= 15 is 4.39 Å². The molecule has 44 heavy (non-hydrogen) atoms. The van der Waals surface area contributed by atoms with Crippen molar-refractivity contribution in [2.75, 3.05) is 36.0 Å². The average molecular weight is 610 g/mol. The Kier molecular flexibility index (Phi) is 7.09. The Morgan fingerprint density at radius 1 is 0.955 bits per heavy atom. The summed E-state index contributed by atoms with van der Waals surface area (Å²) in [5.74, 6) is -1.92. The first kappa shape index (κ1) is 27.8. The molecule has 5 aromatic rings. The molecule has 1 aliphatic heterocycles. The van der Waals surface area contributed by atoms with Crippen LogP contribution in [0.25, 0.3) is 22.2 Å². The van der Waals surface area contributed by atoms with Crippen molar-refractivity contribution in [3.05, 3.63) is 106 Å². The first-order chi connectivity index (χ1) is 21.4. The number of aromatic nitrogens is 2. The van der Waals surface area contributed by atoms with Crippen molar-refractivity contribution in [3.63, 3.8) is 0 Å². The lowest BCUT2D eigenvalue weighted by molar-refractivity contribution is 0.0694. The second-order valence-electron chi connectivity index (χ2n) is 10.9. The highest BCUT2D eigenvalue weighted by molar-refractivity contribution is 7.14. The quantitative estimate of drug-likeness (QED) is 0.240. The molecule has 2 amide bonds. The Morgan fingerprint density at radius 3 is 2.30 bits per heavy atom. The normalized spacial score (nSPS) is 15.0. The number of carbonyl (C=O) groups excluding carboxylic acids is 1. The molecule has 0 atom stereocenters. The first-order valence-electron chi connectivity index (χ1n) is 14.4. The predicted octanol–water partition coefficient (Wildman–Crippen LogP) is 6.38. The fourth-order valence-corrected chi connectivity index (χ4v) is 6.52. The SMILES string of the molecule is O=C(O)c1cn(C2CC2)c2cc(N3CCN(C(=O)N(c4ccccc4)c4nc(-c5ccccc5)cs4)CC3)c(F)cc2c1=O. The number of hydrogen-bond acceptors (Lipinski definition) is 6. The highest BCUT2D eigenvalue weighted by atomic mass is 32.1. The Hall–Kier alpha value is -5.03. The van der Waals surface area contributed by atoms with E-state index in [0.717, 1.165) is 30.2 Å². The van der Waals surface area contributed by atoms with Crippen LogP contribution in [0.5, 0.6) is 0 Å². The molecule has 2 aromatic heterocycles. The summed E-state index contributed by atoms with van der Waals surface area (Å²) in [6.07, 6.45) is 3.12. The Labute approximate surface area is 256 Å². The third-order valence-corrected chi connectivity index (χ3v) is 8.95. The molecule has 0 radical (unpaired) electrons. The zero-order valence-electron chi connectivity index (χ0n) is 23.6. The van der Waals surface area contributed by atoms with Crippen molar-refractivity contribution >= 4 is 50.7 Å². The molecule has 7 rings (SSSR count). The Balaban J connectivity index is 1.15. The van der Waals surface area contributed by atoms with Crippen molar-refractivity contribution in [1.29, 1.82) is 0 Å². The van der Waals surface area contributed by atoms with Crippen molar-refractivity contribution in [2.45, 2.75) is 18.9 Å². The molecule has 1 saturated heterocycles. The lowest BCUT2D eigenvalue weighted by Gasteiger charge is -2.38. The standard InChI is InChI=1S/C33H28FN5O4S/c34-26-17-24-28(38(22-11-12-22)19-25(30(24)40)31(41)42)18-29(26)36-13-15-37(16-14-36)33(43)39(23-9-5-2-6-10-23)32-35-27(20-44-32)21-7-3-1-4-8-21/h1-10,17-20,22H,11-16H2,(H,41,42). The number of amides is 2. The van der Waals surface area contributed by atoms with Crippen LogP contribution in [-0.4, -0.2) is 57.7 Å². The van der Waals surface area contributed by atoms with Gasteiger partial charge in [-0.15, -0.1) is 11.3 Å². The number of anilines is 3. The number of urea groups is 1. The lowest BCUT2D eigenvalue weighted by atomic mass is 10.1. The van der Waals surface area contributed by atoms with E-state index in [1.807, 2.05) is 70.9 Å². The number of hydrogen-bond donors (Lipinski definition) is 1. The first-order valence-corrected chi connectivity index (χ1v) is 15.3. The van der Waals surface area contributed by atoms with Crippen LogP contribution in [0.15, 0.2) is 89.2 Å². The molecular weight excluding hydrogens is 581 g/mol. The maximum atomic E-state index is 15.5. The molecule has 1 aliphatic carbocycles. The van der Waals surface area contributed by atoms with E-state index in [1.54, 1.807) is 20.4 Å². The van der Waals surface area contributed by atoms with Gasteiger partial charge in [0.15, 0.2) is 5.13 Å². The molecule has 1 saturated carbocycles. The van der Waals surface area contributed by atoms with E-state index in [4.69, 9.17) is 4.98 Å². The van der Waals surface area contributed by atoms with Crippen molar-refractivity contribution in [2.24, 2.45) is 0 Å². The monoisotopic (exact) mass is 609 g/mol. The Morgan fingerprint density at radius 2 is 1.64 bits per heavy atom. The number of aromatic carboxylic acids is 1. The fraction of sp³-hybridized carbons (Fsp3) is 0.212. The number of rotatable bonds is 6. The van der Waals surface area contributed by atoms with Gasteiger partial charge < -0.3 is 19.5 Å². The number of carboxylic acids is 1. The van der Waals surface area contributed by atoms with Gasteiger partial charge in [0.05, 0.1) is 22.6 Å². The minimum atomic E-state index is -1.32. The van der Waals surface area contributed by atoms with Gasteiger partial charge in [0.25, 0.3) is 0 Å². The van der Waals surface area contributed by atoms with Gasteiger partial charge >= 0.3 is 12.0 Å². The summed E-state index contributed by atoms with van der Waals surface area (Å²) in [6.45, 7) is 1.46. The van der Waals surface area contributed by atoms with Crippen molar-refractivity contribution in [3.8, 4) is 11.3 Å². The summed E-state index contributed by atoms with van der Waals surface area (Å²) in [7, 11) is 0. The van der Waals surface area contributed by atoms with Crippen molar-refractivity contribution < 1.29 is 19.1 Å². The van der Waals surface area contributed by atoms with Crippen LogP contribution >= 0.6 is 11.3 Å². The van der Waals surface area contributed by atoms with E-state index in [1.165, 1.54) is 17.5 Å². The molecule has 11 heteroatoms. The molecule has 1 N–H and O–H groups in total. The second kappa shape index (κ2) is 11.2.